The number of carbonyl (C=O) groups excluding carboxylic acids is 1. The van der Waals surface area contributed by atoms with Crippen molar-refractivity contribution < 1.29 is 4.79 Å². The van der Waals surface area contributed by atoms with Crippen molar-refractivity contribution in [3.63, 3.8) is 0 Å². The largest absolute Gasteiger partial charge is 0.294 e. The summed E-state index contributed by atoms with van der Waals surface area (Å²) in [6.07, 6.45) is 0.470. The van der Waals surface area contributed by atoms with Crippen LogP contribution in [0.25, 0.3) is 0 Å². The molecule has 1 heterocycles. The molecule has 12 heavy (non-hydrogen) atoms. The van der Waals surface area contributed by atoms with E-state index in [9.17, 15) is 4.79 Å². The molecule has 0 aliphatic heterocycles. The van der Waals surface area contributed by atoms with E-state index in [0.717, 1.165) is 5.56 Å². The number of ketones is 1. The van der Waals surface area contributed by atoms with Crippen LogP contribution in [0.5, 0.6) is 0 Å². The maximum absolute atomic E-state index is 11.3. The molecule has 0 amide bonds. The molecular formula is C7H3BrCl2OS. The van der Waals surface area contributed by atoms with E-state index in [4.69, 9.17) is 23.2 Å². The first-order chi connectivity index (χ1) is 5.61. The van der Waals surface area contributed by atoms with Gasteiger partial charge >= 0.3 is 0 Å². The summed E-state index contributed by atoms with van der Waals surface area (Å²) in [5, 5.41) is 0. The van der Waals surface area contributed by atoms with E-state index in [1.54, 1.807) is 0 Å². The van der Waals surface area contributed by atoms with Gasteiger partial charge in [-0.2, -0.15) is 0 Å². The van der Waals surface area contributed by atoms with Crippen LogP contribution in [0, 0.1) is 0 Å². The van der Waals surface area contributed by atoms with Crippen LogP contribution in [0.2, 0.25) is 8.67 Å². The first kappa shape index (κ1) is 9.00. The van der Waals surface area contributed by atoms with Crippen LogP contribution in [0.15, 0.2) is 0 Å². The van der Waals surface area contributed by atoms with E-state index in [-0.39, 0.29) is 10.6 Å². The second kappa shape index (κ2) is 2.98. The Labute approximate surface area is 91.8 Å². The maximum Gasteiger partial charge on any atom is 0.167 e. The molecule has 1 aliphatic carbocycles. The summed E-state index contributed by atoms with van der Waals surface area (Å²) in [4.78, 5) is 11.4. The first-order valence-electron chi connectivity index (χ1n) is 3.26. The smallest absolute Gasteiger partial charge is 0.167 e. The number of Topliss-reactive ketones (excluding diaryl/α,β-unsaturated/α-hetero) is 1. The van der Waals surface area contributed by atoms with Crippen LogP contribution in [-0.4, -0.2) is 5.78 Å². The average molecular weight is 286 g/mol. The minimum Gasteiger partial charge on any atom is -0.294 e. The summed E-state index contributed by atoms with van der Waals surface area (Å²) < 4.78 is 1.14. The fraction of sp³-hybridized carbons (Fsp3) is 0.286. The quantitative estimate of drug-likeness (QED) is 0.657. The molecule has 1 atom stereocenters. The SMILES string of the molecule is O=C1CC(Br)c2c(Cl)sc(Cl)c21. The molecule has 64 valence electrons. The number of halogens is 3. The third kappa shape index (κ3) is 1.15. The predicted molar refractivity (Wildman–Crippen MR) is 55.0 cm³/mol. The van der Waals surface area contributed by atoms with E-state index in [1.807, 2.05) is 0 Å². The zero-order chi connectivity index (χ0) is 8.88. The Morgan fingerprint density at radius 2 is 2.08 bits per heavy atom. The standard InChI is InChI=1S/C7H3BrCl2OS/c8-2-1-3(11)5-4(2)6(9)12-7(5)10/h2H,1H2. The number of fused-ring (bicyclic) bond motifs is 1. The lowest BCUT2D eigenvalue weighted by molar-refractivity contribution is 0.0995. The van der Waals surface area contributed by atoms with Gasteiger partial charge in [0.25, 0.3) is 0 Å². The molecule has 0 fully saturated rings. The zero-order valence-corrected chi connectivity index (χ0v) is 9.65. The van der Waals surface area contributed by atoms with E-state index < -0.39 is 0 Å². The summed E-state index contributed by atoms with van der Waals surface area (Å²) in [6, 6.07) is 0. The van der Waals surface area contributed by atoms with Gasteiger partial charge in [0.2, 0.25) is 0 Å². The van der Waals surface area contributed by atoms with Gasteiger partial charge in [-0.1, -0.05) is 39.1 Å². The molecule has 2 rings (SSSR count). The van der Waals surface area contributed by atoms with Gasteiger partial charge in [-0.15, -0.1) is 11.3 Å². The number of alkyl halides is 1. The Bertz CT molecular complexity index is 361. The summed E-state index contributed by atoms with van der Waals surface area (Å²) in [5.74, 6) is 0.0834. The number of carbonyl (C=O) groups is 1. The van der Waals surface area contributed by atoms with Crippen molar-refractivity contribution in [1.29, 1.82) is 0 Å². The molecule has 0 bridgehead atoms. The summed E-state index contributed by atoms with van der Waals surface area (Å²) in [7, 11) is 0. The summed E-state index contributed by atoms with van der Waals surface area (Å²) in [6.45, 7) is 0. The summed E-state index contributed by atoms with van der Waals surface area (Å²) in [5.41, 5.74) is 1.49. The minimum atomic E-state index is 0.0521. The number of hydrogen-bond donors (Lipinski definition) is 0. The lowest BCUT2D eigenvalue weighted by atomic mass is 10.2. The minimum absolute atomic E-state index is 0.0521. The highest BCUT2D eigenvalue weighted by Gasteiger charge is 2.34. The Morgan fingerprint density at radius 3 is 2.67 bits per heavy atom. The average Bonchev–Trinajstić information content (AvgIpc) is 2.38. The predicted octanol–water partition coefficient (Wildman–Crippen LogP) is 4.08. The van der Waals surface area contributed by atoms with Gasteiger partial charge in [-0.3, -0.25) is 4.79 Å². The van der Waals surface area contributed by atoms with Crippen LogP contribution in [0.3, 0.4) is 0 Å². The van der Waals surface area contributed by atoms with Gasteiger partial charge in [0.15, 0.2) is 5.78 Å². The first-order valence-corrected chi connectivity index (χ1v) is 5.75. The van der Waals surface area contributed by atoms with Crippen LogP contribution in [-0.2, 0) is 0 Å². The molecule has 1 aromatic heterocycles. The molecule has 0 saturated heterocycles. The van der Waals surface area contributed by atoms with Crippen molar-refractivity contribution in [1.82, 2.24) is 0 Å². The van der Waals surface area contributed by atoms with Crippen molar-refractivity contribution >= 4 is 56.3 Å². The third-order valence-corrected chi connectivity index (χ3v) is 4.23. The lowest BCUT2D eigenvalue weighted by Gasteiger charge is -1.95. The normalized spacial score (nSPS) is 21.6. The lowest BCUT2D eigenvalue weighted by Crippen LogP contribution is -1.88. The van der Waals surface area contributed by atoms with Crippen LogP contribution < -0.4 is 0 Å². The highest BCUT2D eigenvalue weighted by atomic mass is 79.9. The monoisotopic (exact) mass is 284 g/mol. The highest BCUT2D eigenvalue weighted by molar-refractivity contribution is 9.09. The molecule has 0 radical (unpaired) electrons. The van der Waals surface area contributed by atoms with Gasteiger partial charge in [0.05, 0.1) is 9.90 Å². The molecule has 1 unspecified atom stereocenters. The van der Waals surface area contributed by atoms with Crippen LogP contribution in [0.4, 0.5) is 0 Å². The van der Waals surface area contributed by atoms with Crippen molar-refractivity contribution in [3.05, 3.63) is 19.8 Å². The van der Waals surface area contributed by atoms with E-state index in [2.05, 4.69) is 15.9 Å². The molecule has 0 spiro atoms. The molecule has 1 aromatic rings. The molecule has 1 aliphatic rings. The van der Waals surface area contributed by atoms with E-state index >= 15 is 0 Å². The van der Waals surface area contributed by atoms with Crippen LogP contribution in [0.1, 0.15) is 27.2 Å². The molecule has 1 nitrogen and oxygen atoms in total. The fourth-order valence-electron chi connectivity index (χ4n) is 1.30. The van der Waals surface area contributed by atoms with Gasteiger partial charge in [0, 0.05) is 16.8 Å². The second-order valence-corrected chi connectivity index (χ2v) is 5.86. The van der Waals surface area contributed by atoms with E-state index in [0.29, 0.717) is 20.7 Å². The van der Waals surface area contributed by atoms with Crippen molar-refractivity contribution in [3.8, 4) is 0 Å². The van der Waals surface area contributed by atoms with E-state index in [1.165, 1.54) is 11.3 Å². The maximum atomic E-state index is 11.3. The Morgan fingerprint density at radius 1 is 1.42 bits per heavy atom. The molecule has 0 saturated carbocycles. The van der Waals surface area contributed by atoms with Gasteiger partial charge in [-0.05, 0) is 0 Å². The Balaban J connectivity index is 2.69. The number of thiophene rings is 1. The topological polar surface area (TPSA) is 17.1 Å². The van der Waals surface area contributed by atoms with Crippen molar-refractivity contribution in [2.75, 3.05) is 0 Å². The zero-order valence-electron chi connectivity index (χ0n) is 5.73. The number of rotatable bonds is 0. The van der Waals surface area contributed by atoms with Gasteiger partial charge < -0.3 is 0 Å². The van der Waals surface area contributed by atoms with Crippen molar-refractivity contribution in [2.24, 2.45) is 0 Å². The highest BCUT2D eigenvalue weighted by Crippen LogP contribution is 2.49. The fourth-order valence-corrected chi connectivity index (χ4v) is 4.18. The third-order valence-electron chi connectivity index (χ3n) is 1.81. The van der Waals surface area contributed by atoms with Gasteiger partial charge in [-0.25, -0.2) is 0 Å². The molecular weight excluding hydrogens is 283 g/mol. The summed E-state index contributed by atoms with van der Waals surface area (Å²) >= 11 is 16.4. The van der Waals surface area contributed by atoms with Crippen LogP contribution >= 0.6 is 50.5 Å². The molecule has 5 heteroatoms. The molecule has 0 N–H and O–H groups in total. The Kier molecular flexibility index (Phi) is 2.24. The number of hydrogen-bond acceptors (Lipinski definition) is 2. The second-order valence-electron chi connectivity index (χ2n) is 2.53. The Hall–Kier alpha value is 0.430. The van der Waals surface area contributed by atoms with Crippen molar-refractivity contribution in [2.45, 2.75) is 11.2 Å². The van der Waals surface area contributed by atoms with Gasteiger partial charge in [0.1, 0.15) is 4.34 Å². The molecule has 0 aromatic carbocycles.